The van der Waals surface area contributed by atoms with Gasteiger partial charge in [0.15, 0.2) is 15.3 Å². The zero-order valence-electron chi connectivity index (χ0n) is 22.0. The summed E-state index contributed by atoms with van der Waals surface area (Å²) in [7, 11) is -1.80. The van der Waals surface area contributed by atoms with E-state index in [0.717, 1.165) is 5.56 Å². The van der Waals surface area contributed by atoms with Crippen LogP contribution in [0.4, 0.5) is 17.6 Å². The van der Waals surface area contributed by atoms with Crippen molar-refractivity contribution in [3.8, 4) is 34.1 Å². The number of unbranched alkanes of at least 4 members (excludes halogenated alkanes) is 1. The van der Waals surface area contributed by atoms with Crippen molar-refractivity contribution in [2.24, 2.45) is 7.05 Å². The van der Waals surface area contributed by atoms with E-state index in [9.17, 15) is 30.8 Å². The molecular formula is C30H28BrF4NO3S. The number of rotatable bonds is 10. The Morgan fingerprint density at radius 2 is 1.77 bits per heavy atom. The molecule has 40 heavy (non-hydrogen) atoms. The van der Waals surface area contributed by atoms with Gasteiger partial charge in [0, 0.05) is 54.3 Å². The lowest BCUT2D eigenvalue weighted by Gasteiger charge is -2.13. The zero-order chi connectivity index (χ0) is 29.7. The predicted molar refractivity (Wildman–Crippen MR) is 154 cm³/mol. The van der Waals surface area contributed by atoms with E-state index < -0.39 is 28.6 Å². The fourth-order valence-electron chi connectivity index (χ4n) is 4.15. The molecule has 1 heterocycles. The van der Waals surface area contributed by atoms with E-state index in [-0.39, 0.29) is 28.9 Å². The molecule has 0 amide bonds. The molecule has 0 radical (unpaired) electrons. The summed E-state index contributed by atoms with van der Waals surface area (Å²) in [5, 5.41) is 0. The first-order valence-electron chi connectivity index (χ1n) is 12.3. The topological polar surface area (TPSA) is 56.1 Å². The molecule has 0 saturated heterocycles. The summed E-state index contributed by atoms with van der Waals surface area (Å²) >= 11 is 3.09. The Hall–Kier alpha value is -3.16. The number of alkyl halides is 4. The summed E-state index contributed by atoms with van der Waals surface area (Å²) in [6.45, 7) is 5.35. The van der Waals surface area contributed by atoms with E-state index >= 15 is 0 Å². The fraction of sp³-hybridized carbons (Fsp3) is 0.300. The number of sulfone groups is 1. The molecule has 0 atom stereocenters. The maximum Gasteiger partial charge on any atom is 0.307 e. The molecule has 3 aromatic rings. The van der Waals surface area contributed by atoms with Gasteiger partial charge < -0.3 is 4.57 Å². The van der Waals surface area contributed by atoms with Crippen LogP contribution in [0.15, 0.2) is 75.6 Å². The Kier molecular flexibility index (Phi) is 10.2. The van der Waals surface area contributed by atoms with Crippen LogP contribution in [0, 0.1) is 18.8 Å². The third-order valence-electron chi connectivity index (χ3n) is 6.14. The highest BCUT2D eigenvalue weighted by Gasteiger charge is 2.39. The van der Waals surface area contributed by atoms with Gasteiger partial charge in [-0.15, -0.1) is 5.92 Å². The van der Waals surface area contributed by atoms with Gasteiger partial charge in [0.1, 0.15) is 0 Å². The first kappa shape index (κ1) is 31.4. The Labute approximate surface area is 239 Å². The van der Waals surface area contributed by atoms with Crippen LogP contribution < -0.4 is 5.43 Å². The number of aryl methyl sites for hydroxylation is 2. The number of benzene rings is 2. The molecule has 0 aliphatic rings. The van der Waals surface area contributed by atoms with Crippen LogP contribution >= 0.6 is 15.9 Å². The van der Waals surface area contributed by atoms with Crippen LogP contribution in [0.3, 0.4) is 0 Å². The molecule has 10 heteroatoms. The number of halogens is 5. The molecule has 3 rings (SSSR count). The molecule has 0 N–H and O–H groups in total. The normalized spacial score (nSPS) is 11.8. The Morgan fingerprint density at radius 3 is 2.42 bits per heavy atom. The van der Waals surface area contributed by atoms with Crippen LogP contribution in [-0.2, 0) is 23.3 Å². The van der Waals surface area contributed by atoms with Gasteiger partial charge in [0.25, 0.3) is 0 Å². The van der Waals surface area contributed by atoms with Crippen LogP contribution in [-0.4, -0.2) is 31.1 Å². The molecule has 0 saturated carbocycles. The summed E-state index contributed by atoms with van der Waals surface area (Å²) in [6, 6.07) is 11.9. The quantitative estimate of drug-likeness (QED) is 0.133. The zero-order valence-corrected chi connectivity index (χ0v) is 24.4. The van der Waals surface area contributed by atoms with Gasteiger partial charge in [-0.05, 0) is 53.8 Å². The van der Waals surface area contributed by atoms with Crippen molar-refractivity contribution in [2.45, 2.75) is 49.9 Å². The van der Waals surface area contributed by atoms with E-state index in [1.54, 1.807) is 55.2 Å². The minimum Gasteiger partial charge on any atom is -0.356 e. The number of hydrogen-bond acceptors (Lipinski definition) is 3. The van der Waals surface area contributed by atoms with E-state index in [1.807, 2.05) is 12.1 Å². The van der Waals surface area contributed by atoms with Crippen molar-refractivity contribution < 1.29 is 26.0 Å². The minimum atomic E-state index is -4.00. The van der Waals surface area contributed by atoms with Crippen LogP contribution in [0.1, 0.15) is 30.4 Å². The first-order valence-corrected chi connectivity index (χ1v) is 14.7. The molecule has 0 aliphatic heterocycles. The summed E-state index contributed by atoms with van der Waals surface area (Å²) in [6.07, 6.45) is -0.960. The Balaban J connectivity index is 1.85. The lowest BCUT2D eigenvalue weighted by Crippen LogP contribution is -2.25. The molecule has 0 unspecified atom stereocenters. The van der Waals surface area contributed by atoms with E-state index in [1.165, 1.54) is 6.07 Å². The molecule has 212 valence electrons. The largest absolute Gasteiger partial charge is 0.356 e. The third kappa shape index (κ3) is 7.95. The minimum absolute atomic E-state index is 0.0783. The second kappa shape index (κ2) is 13.0. The predicted octanol–water partition coefficient (Wildman–Crippen LogP) is 7.33. The van der Waals surface area contributed by atoms with E-state index in [0.29, 0.717) is 38.7 Å². The van der Waals surface area contributed by atoms with E-state index in [4.69, 9.17) is 0 Å². The van der Waals surface area contributed by atoms with Crippen molar-refractivity contribution in [3.63, 3.8) is 0 Å². The average molecular weight is 639 g/mol. The first-order chi connectivity index (χ1) is 18.7. The standard InChI is InChI=1S/C30H28BrF4NO3S/c1-20-15-24(40(38,39)19-21(2)31)12-13-25(20)27-18-36(3)17-26(28(27)37)23-11-8-10-22(16-23)9-6-4-5-7-14-30(34,35)29(32)33/h8,10-13,15-18,29H,2,5,7,9,14,19H2,1,3H3. The van der Waals surface area contributed by atoms with Crippen molar-refractivity contribution in [2.75, 3.05) is 5.75 Å². The average Bonchev–Trinajstić information content (AvgIpc) is 2.86. The highest BCUT2D eigenvalue weighted by molar-refractivity contribution is 9.11. The lowest BCUT2D eigenvalue weighted by atomic mass is 9.97. The van der Waals surface area contributed by atoms with Gasteiger partial charge in [-0.1, -0.05) is 52.7 Å². The highest BCUT2D eigenvalue weighted by Crippen LogP contribution is 2.29. The SMILES string of the molecule is C=C(Br)CS(=O)(=O)c1ccc(-c2cn(C)cc(-c3cccc(CC#CCCCC(F)(F)C(F)F)c3)c2=O)c(C)c1. The number of hydrogen-bond donors (Lipinski definition) is 0. The van der Waals surface area contributed by atoms with Crippen molar-refractivity contribution in [1.82, 2.24) is 4.57 Å². The molecule has 0 spiro atoms. The smallest absolute Gasteiger partial charge is 0.307 e. The second-order valence-corrected chi connectivity index (χ2v) is 12.6. The van der Waals surface area contributed by atoms with Gasteiger partial charge in [-0.3, -0.25) is 4.79 Å². The monoisotopic (exact) mass is 637 g/mol. The maximum atomic E-state index is 13.6. The Bertz CT molecular complexity index is 1640. The van der Waals surface area contributed by atoms with Crippen molar-refractivity contribution >= 4 is 25.8 Å². The molecule has 1 aromatic heterocycles. The van der Waals surface area contributed by atoms with Crippen LogP contribution in [0.25, 0.3) is 22.3 Å². The van der Waals surface area contributed by atoms with E-state index in [2.05, 4.69) is 34.3 Å². The number of nitrogens with zero attached hydrogens (tertiary/aromatic N) is 1. The van der Waals surface area contributed by atoms with Crippen LogP contribution in [0.5, 0.6) is 0 Å². The molecule has 0 bridgehead atoms. The van der Waals surface area contributed by atoms with Gasteiger partial charge >= 0.3 is 12.3 Å². The third-order valence-corrected chi connectivity index (χ3v) is 8.49. The fourth-order valence-corrected chi connectivity index (χ4v) is 6.26. The summed E-state index contributed by atoms with van der Waals surface area (Å²) in [5.74, 6) is 1.38. The highest BCUT2D eigenvalue weighted by atomic mass is 79.9. The number of aromatic nitrogens is 1. The summed E-state index contributed by atoms with van der Waals surface area (Å²) in [4.78, 5) is 13.7. The molecule has 4 nitrogen and oxygen atoms in total. The molecular weight excluding hydrogens is 610 g/mol. The van der Waals surface area contributed by atoms with Gasteiger partial charge in [0.2, 0.25) is 0 Å². The van der Waals surface area contributed by atoms with Gasteiger partial charge in [0.05, 0.1) is 10.6 Å². The van der Waals surface area contributed by atoms with Gasteiger partial charge in [-0.2, -0.15) is 0 Å². The molecule has 0 fully saturated rings. The summed E-state index contributed by atoms with van der Waals surface area (Å²) in [5.41, 5.74) is 3.33. The van der Waals surface area contributed by atoms with Gasteiger partial charge in [-0.25, -0.2) is 26.0 Å². The van der Waals surface area contributed by atoms with Crippen molar-refractivity contribution in [3.05, 3.63) is 87.3 Å². The maximum absolute atomic E-state index is 13.6. The molecule has 0 aliphatic carbocycles. The summed E-state index contributed by atoms with van der Waals surface area (Å²) < 4.78 is 77.8. The second-order valence-electron chi connectivity index (χ2n) is 9.48. The molecule has 2 aromatic carbocycles. The van der Waals surface area contributed by atoms with Crippen molar-refractivity contribution in [1.29, 1.82) is 0 Å². The Morgan fingerprint density at radius 1 is 1.07 bits per heavy atom. The number of pyridine rings is 1. The van der Waals surface area contributed by atoms with Crippen LogP contribution in [0.2, 0.25) is 0 Å². The lowest BCUT2D eigenvalue weighted by molar-refractivity contribution is -0.133.